The van der Waals surface area contributed by atoms with E-state index in [-0.39, 0.29) is 5.91 Å². The first-order valence-electron chi connectivity index (χ1n) is 6.75. The van der Waals surface area contributed by atoms with Gasteiger partial charge in [0.2, 0.25) is 0 Å². The Labute approximate surface area is 133 Å². The van der Waals surface area contributed by atoms with Crippen molar-refractivity contribution >= 4 is 27.5 Å². The molecular formula is C17H18BrNO2. The van der Waals surface area contributed by atoms with E-state index in [1.807, 2.05) is 37.3 Å². The van der Waals surface area contributed by atoms with Gasteiger partial charge in [0, 0.05) is 16.6 Å². The van der Waals surface area contributed by atoms with Crippen molar-refractivity contribution in [2.45, 2.75) is 13.3 Å². The highest BCUT2D eigenvalue weighted by Crippen LogP contribution is 2.20. The lowest BCUT2D eigenvalue weighted by Gasteiger charge is -2.09. The van der Waals surface area contributed by atoms with Crippen LogP contribution in [0.4, 0.5) is 5.69 Å². The van der Waals surface area contributed by atoms with E-state index in [4.69, 9.17) is 4.74 Å². The summed E-state index contributed by atoms with van der Waals surface area (Å²) < 4.78 is 5.24. The van der Waals surface area contributed by atoms with Gasteiger partial charge in [-0.3, -0.25) is 4.79 Å². The van der Waals surface area contributed by atoms with Crippen LogP contribution < -0.4 is 10.1 Å². The average Bonchev–Trinajstić information content (AvgIpc) is 2.50. The molecule has 1 N–H and O–H groups in total. The van der Waals surface area contributed by atoms with Crippen molar-refractivity contribution in [2.75, 3.05) is 17.8 Å². The molecule has 2 aromatic rings. The molecule has 2 rings (SSSR count). The number of halogens is 1. The van der Waals surface area contributed by atoms with Gasteiger partial charge in [-0.15, -0.1) is 0 Å². The van der Waals surface area contributed by atoms with Gasteiger partial charge < -0.3 is 10.1 Å². The topological polar surface area (TPSA) is 38.3 Å². The predicted molar refractivity (Wildman–Crippen MR) is 89.6 cm³/mol. The van der Waals surface area contributed by atoms with E-state index in [1.54, 1.807) is 19.2 Å². The largest absolute Gasteiger partial charge is 0.496 e. The molecule has 2 aromatic carbocycles. The molecule has 0 aliphatic rings. The van der Waals surface area contributed by atoms with Gasteiger partial charge in [0.05, 0.1) is 7.11 Å². The van der Waals surface area contributed by atoms with Gasteiger partial charge in [-0.1, -0.05) is 34.1 Å². The third-order valence-electron chi connectivity index (χ3n) is 3.27. The summed E-state index contributed by atoms with van der Waals surface area (Å²) in [6, 6.07) is 13.3. The molecule has 0 aromatic heterocycles. The third kappa shape index (κ3) is 4.08. The molecule has 0 aliphatic carbocycles. The zero-order chi connectivity index (χ0) is 15.2. The summed E-state index contributed by atoms with van der Waals surface area (Å²) in [7, 11) is 1.60. The number of hydrogen-bond acceptors (Lipinski definition) is 2. The molecule has 0 spiro atoms. The molecule has 4 heteroatoms. The highest BCUT2D eigenvalue weighted by molar-refractivity contribution is 9.09. The molecule has 0 aliphatic heterocycles. The Morgan fingerprint density at radius 1 is 1.19 bits per heavy atom. The minimum atomic E-state index is -0.137. The van der Waals surface area contributed by atoms with Crippen LogP contribution in [0.15, 0.2) is 42.5 Å². The quantitative estimate of drug-likeness (QED) is 0.823. The SMILES string of the molecule is COc1cc(C(=O)Nc2ccc(CCBr)cc2)ccc1C. The molecule has 0 radical (unpaired) electrons. The summed E-state index contributed by atoms with van der Waals surface area (Å²) in [4.78, 5) is 12.2. The highest BCUT2D eigenvalue weighted by Gasteiger charge is 2.09. The van der Waals surface area contributed by atoms with E-state index in [9.17, 15) is 4.79 Å². The minimum Gasteiger partial charge on any atom is -0.496 e. The van der Waals surface area contributed by atoms with E-state index >= 15 is 0 Å². The maximum absolute atomic E-state index is 12.2. The van der Waals surface area contributed by atoms with Gasteiger partial charge in [0.25, 0.3) is 5.91 Å². The molecule has 110 valence electrons. The van der Waals surface area contributed by atoms with Crippen LogP contribution in [0.3, 0.4) is 0 Å². The first-order valence-corrected chi connectivity index (χ1v) is 7.87. The van der Waals surface area contributed by atoms with Crippen LogP contribution in [0.2, 0.25) is 0 Å². The van der Waals surface area contributed by atoms with E-state index in [0.29, 0.717) is 5.56 Å². The second-order valence-electron chi connectivity index (χ2n) is 4.77. The molecule has 0 unspecified atom stereocenters. The monoisotopic (exact) mass is 347 g/mol. The Kier molecular flexibility index (Phi) is 5.39. The van der Waals surface area contributed by atoms with Gasteiger partial charge in [-0.2, -0.15) is 0 Å². The van der Waals surface area contributed by atoms with Crippen LogP contribution >= 0.6 is 15.9 Å². The van der Waals surface area contributed by atoms with Gasteiger partial charge >= 0.3 is 0 Å². The number of amides is 1. The number of benzene rings is 2. The van der Waals surface area contributed by atoms with Crippen molar-refractivity contribution in [3.63, 3.8) is 0 Å². The molecule has 0 heterocycles. The van der Waals surface area contributed by atoms with Crippen molar-refractivity contribution in [2.24, 2.45) is 0 Å². The van der Waals surface area contributed by atoms with Gasteiger partial charge in [0.15, 0.2) is 0 Å². The first-order chi connectivity index (χ1) is 10.1. The van der Waals surface area contributed by atoms with Crippen molar-refractivity contribution in [1.82, 2.24) is 0 Å². The molecular weight excluding hydrogens is 330 g/mol. The minimum absolute atomic E-state index is 0.137. The van der Waals surface area contributed by atoms with Crippen LogP contribution in [-0.2, 0) is 6.42 Å². The number of carbonyl (C=O) groups is 1. The van der Waals surface area contributed by atoms with Crippen LogP contribution in [0.25, 0.3) is 0 Å². The lowest BCUT2D eigenvalue weighted by Crippen LogP contribution is -2.12. The smallest absolute Gasteiger partial charge is 0.255 e. The predicted octanol–water partition coefficient (Wildman–Crippen LogP) is 4.19. The van der Waals surface area contributed by atoms with Crippen LogP contribution in [-0.4, -0.2) is 18.3 Å². The highest BCUT2D eigenvalue weighted by atomic mass is 79.9. The zero-order valence-corrected chi connectivity index (χ0v) is 13.7. The molecule has 0 saturated heterocycles. The fourth-order valence-corrected chi connectivity index (χ4v) is 2.49. The second-order valence-corrected chi connectivity index (χ2v) is 5.57. The fraction of sp³-hybridized carbons (Fsp3) is 0.235. The molecule has 1 amide bonds. The van der Waals surface area contributed by atoms with E-state index in [0.717, 1.165) is 28.8 Å². The Morgan fingerprint density at radius 3 is 2.52 bits per heavy atom. The average molecular weight is 348 g/mol. The molecule has 0 bridgehead atoms. The molecule has 21 heavy (non-hydrogen) atoms. The number of nitrogens with one attached hydrogen (secondary N) is 1. The van der Waals surface area contributed by atoms with Crippen LogP contribution in [0, 0.1) is 6.92 Å². The first kappa shape index (κ1) is 15.6. The number of alkyl halides is 1. The summed E-state index contributed by atoms with van der Waals surface area (Å²) in [6.45, 7) is 1.95. The van der Waals surface area contributed by atoms with Gasteiger partial charge in [0.1, 0.15) is 5.75 Å². The number of aryl methyl sites for hydroxylation is 2. The molecule has 0 fully saturated rings. The number of carbonyl (C=O) groups excluding carboxylic acids is 1. The number of rotatable bonds is 5. The number of anilines is 1. The zero-order valence-electron chi connectivity index (χ0n) is 12.2. The van der Waals surface area contributed by atoms with Crippen molar-refractivity contribution in [1.29, 1.82) is 0 Å². The second kappa shape index (κ2) is 7.27. The fourth-order valence-electron chi connectivity index (χ4n) is 2.03. The Morgan fingerprint density at radius 2 is 1.90 bits per heavy atom. The van der Waals surface area contributed by atoms with E-state index < -0.39 is 0 Å². The van der Waals surface area contributed by atoms with E-state index in [2.05, 4.69) is 21.2 Å². The van der Waals surface area contributed by atoms with Crippen LogP contribution in [0.5, 0.6) is 5.75 Å². The van der Waals surface area contributed by atoms with Gasteiger partial charge in [-0.05, 0) is 48.7 Å². The molecule has 0 saturated carbocycles. The third-order valence-corrected chi connectivity index (χ3v) is 3.66. The Bertz CT molecular complexity index is 623. The Balaban J connectivity index is 2.10. The lowest BCUT2D eigenvalue weighted by atomic mass is 10.1. The summed E-state index contributed by atoms with van der Waals surface area (Å²) >= 11 is 3.41. The maximum Gasteiger partial charge on any atom is 0.255 e. The standard InChI is InChI=1S/C17H18BrNO2/c1-12-3-6-14(11-16(12)21-2)17(20)19-15-7-4-13(5-8-15)9-10-18/h3-8,11H,9-10H2,1-2H3,(H,19,20). The number of methoxy groups -OCH3 is 1. The number of ether oxygens (including phenoxy) is 1. The lowest BCUT2D eigenvalue weighted by molar-refractivity contribution is 0.102. The Hall–Kier alpha value is -1.81. The number of hydrogen-bond donors (Lipinski definition) is 1. The van der Waals surface area contributed by atoms with Crippen molar-refractivity contribution in [3.05, 3.63) is 59.2 Å². The van der Waals surface area contributed by atoms with Crippen LogP contribution in [0.1, 0.15) is 21.5 Å². The summed E-state index contributed by atoms with van der Waals surface area (Å²) in [5.74, 6) is 0.580. The summed E-state index contributed by atoms with van der Waals surface area (Å²) in [5.41, 5.74) is 3.62. The molecule has 0 atom stereocenters. The van der Waals surface area contributed by atoms with Crippen molar-refractivity contribution in [3.8, 4) is 5.75 Å². The summed E-state index contributed by atoms with van der Waals surface area (Å²) in [5, 5.41) is 3.82. The van der Waals surface area contributed by atoms with Gasteiger partial charge in [-0.25, -0.2) is 0 Å². The summed E-state index contributed by atoms with van der Waals surface area (Å²) in [6.07, 6.45) is 0.976. The van der Waals surface area contributed by atoms with Crippen molar-refractivity contribution < 1.29 is 9.53 Å². The molecule has 3 nitrogen and oxygen atoms in total. The maximum atomic E-state index is 12.2. The normalized spacial score (nSPS) is 10.2. The van der Waals surface area contributed by atoms with E-state index in [1.165, 1.54) is 5.56 Å².